The first-order chi connectivity index (χ1) is 6.65. The maximum absolute atomic E-state index is 2.43. The lowest BCUT2D eigenvalue weighted by Crippen LogP contribution is -2.64. The zero-order valence-corrected chi connectivity index (χ0v) is 12.3. The van der Waals surface area contributed by atoms with Crippen LogP contribution in [-0.4, -0.2) is 29.7 Å². The van der Waals surface area contributed by atoms with Crippen molar-refractivity contribution in [2.24, 2.45) is 11.8 Å². The molecule has 0 rings (SSSR count). The minimum absolute atomic E-state index is 0.694. The van der Waals surface area contributed by atoms with Crippen LogP contribution < -0.4 is 0 Å². The van der Waals surface area contributed by atoms with Crippen LogP contribution in [0.5, 0.6) is 0 Å². The first kappa shape index (κ1) is 15.0. The molecular formula is C14H32N+. The smallest absolute Gasteiger partial charge is 0.0938 e. The SMILES string of the molecule is CC(C)C(C(C)C)[N+](C)(C(C)C)C(C)C. The van der Waals surface area contributed by atoms with Gasteiger partial charge in [-0.25, -0.2) is 0 Å². The summed E-state index contributed by atoms with van der Waals surface area (Å²) >= 11 is 0. The predicted octanol–water partition coefficient (Wildman–Crippen LogP) is 3.93. The second-order valence-corrected chi connectivity index (χ2v) is 6.39. The summed E-state index contributed by atoms with van der Waals surface area (Å²) in [4.78, 5) is 0. The van der Waals surface area contributed by atoms with E-state index in [4.69, 9.17) is 0 Å². The van der Waals surface area contributed by atoms with Gasteiger partial charge in [0.15, 0.2) is 0 Å². The summed E-state index contributed by atoms with van der Waals surface area (Å²) in [5.74, 6) is 1.50. The quantitative estimate of drug-likeness (QED) is 0.608. The first-order valence-electron chi connectivity index (χ1n) is 6.51. The molecule has 0 bridgehead atoms. The molecule has 0 aromatic heterocycles. The number of quaternary nitrogens is 1. The molecule has 0 N–H and O–H groups in total. The Morgan fingerprint density at radius 2 is 0.867 bits per heavy atom. The molecule has 0 amide bonds. The topological polar surface area (TPSA) is 0 Å². The number of rotatable bonds is 5. The highest BCUT2D eigenvalue weighted by molar-refractivity contribution is 4.71. The maximum atomic E-state index is 2.43. The highest BCUT2D eigenvalue weighted by Crippen LogP contribution is 2.30. The minimum atomic E-state index is 0.694. The molecule has 0 fully saturated rings. The van der Waals surface area contributed by atoms with Gasteiger partial charge in [0.1, 0.15) is 0 Å². The average Bonchev–Trinajstić information content (AvgIpc) is 2.01. The normalized spacial score (nSPS) is 14.0. The third kappa shape index (κ3) is 2.96. The van der Waals surface area contributed by atoms with Gasteiger partial charge in [0.2, 0.25) is 0 Å². The first-order valence-corrected chi connectivity index (χ1v) is 6.51. The average molecular weight is 214 g/mol. The number of hydrogen-bond acceptors (Lipinski definition) is 0. The van der Waals surface area contributed by atoms with Gasteiger partial charge in [-0.15, -0.1) is 0 Å². The monoisotopic (exact) mass is 214 g/mol. The van der Waals surface area contributed by atoms with Gasteiger partial charge in [-0.1, -0.05) is 27.7 Å². The Kier molecular flexibility index (Phi) is 5.32. The summed E-state index contributed by atoms with van der Waals surface area (Å²) in [5.41, 5.74) is 0. The second-order valence-electron chi connectivity index (χ2n) is 6.39. The van der Waals surface area contributed by atoms with E-state index in [2.05, 4.69) is 62.4 Å². The highest BCUT2D eigenvalue weighted by atomic mass is 15.4. The Bertz CT molecular complexity index is 164. The van der Waals surface area contributed by atoms with E-state index in [1.807, 2.05) is 0 Å². The molecule has 0 aromatic carbocycles. The van der Waals surface area contributed by atoms with Crippen LogP contribution in [0, 0.1) is 11.8 Å². The molecule has 1 nitrogen and oxygen atoms in total. The van der Waals surface area contributed by atoms with Crippen LogP contribution in [0.1, 0.15) is 55.4 Å². The lowest BCUT2D eigenvalue weighted by molar-refractivity contribution is -0.977. The van der Waals surface area contributed by atoms with Crippen molar-refractivity contribution in [3.63, 3.8) is 0 Å². The molecule has 0 aliphatic carbocycles. The van der Waals surface area contributed by atoms with Crippen molar-refractivity contribution < 1.29 is 4.48 Å². The molecular weight excluding hydrogens is 182 g/mol. The molecule has 1 heteroatoms. The van der Waals surface area contributed by atoms with Crippen LogP contribution in [0.15, 0.2) is 0 Å². The molecule has 0 unspecified atom stereocenters. The molecule has 0 aliphatic rings. The molecule has 0 atom stereocenters. The van der Waals surface area contributed by atoms with Gasteiger partial charge in [-0.3, -0.25) is 0 Å². The Labute approximate surface area is 97.5 Å². The van der Waals surface area contributed by atoms with Crippen molar-refractivity contribution in [2.45, 2.75) is 73.5 Å². The van der Waals surface area contributed by atoms with Crippen molar-refractivity contribution >= 4 is 0 Å². The van der Waals surface area contributed by atoms with Gasteiger partial charge in [0, 0.05) is 11.8 Å². The maximum Gasteiger partial charge on any atom is 0.0938 e. The second kappa shape index (κ2) is 5.34. The van der Waals surface area contributed by atoms with E-state index in [0.717, 1.165) is 17.9 Å². The van der Waals surface area contributed by atoms with Crippen LogP contribution in [-0.2, 0) is 0 Å². The lowest BCUT2D eigenvalue weighted by Gasteiger charge is -2.51. The zero-order chi connectivity index (χ0) is 12.4. The van der Waals surface area contributed by atoms with Crippen molar-refractivity contribution in [3.8, 4) is 0 Å². The molecule has 0 saturated heterocycles. The largest absolute Gasteiger partial charge is 0.319 e. The van der Waals surface area contributed by atoms with Crippen molar-refractivity contribution in [1.82, 2.24) is 0 Å². The Morgan fingerprint density at radius 3 is 0.933 bits per heavy atom. The molecule has 0 heterocycles. The summed E-state index contributed by atoms with van der Waals surface area (Å²) in [5, 5.41) is 0. The van der Waals surface area contributed by atoms with E-state index < -0.39 is 0 Å². The minimum Gasteiger partial charge on any atom is -0.319 e. The number of hydrogen-bond donors (Lipinski definition) is 0. The van der Waals surface area contributed by atoms with Gasteiger partial charge in [-0.2, -0.15) is 0 Å². The van der Waals surface area contributed by atoms with Gasteiger partial charge < -0.3 is 4.48 Å². The molecule has 0 saturated carbocycles. The van der Waals surface area contributed by atoms with Crippen molar-refractivity contribution in [3.05, 3.63) is 0 Å². The van der Waals surface area contributed by atoms with Gasteiger partial charge in [-0.05, 0) is 27.7 Å². The van der Waals surface area contributed by atoms with Gasteiger partial charge in [0.05, 0.1) is 25.2 Å². The van der Waals surface area contributed by atoms with Crippen molar-refractivity contribution in [1.29, 1.82) is 0 Å². The standard InChI is InChI=1S/C14H32N/c1-10(2)14(11(3)4)15(9,12(5)6)13(7)8/h10-14H,1-9H3/q+1. The third-order valence-electron chi connectivity index (χ3n) is 4.23. The molecule has 0 aromatic rings. The molecule has 0 radical (unpaired) electrons. The fraction of sp³-hybridized carbons (Fsp3) is 1.00. The highest BCUT2D eigenvalue weighted by Gasteiger charge is 2.41. The Balaban J connectivity index is 5.19. The third-order valence-corrected chi connectivity index (χ3v) is 4.23. The fourth-order valence-corrected chi connectivity index (χ4v) is 3.34. The van der Waals surface area contributed by atoms with Crippen LogP contribution in [0.4, 0.5) is 0 Å². The van der Waals surface area contributed by atoms with Gasteiger partial charge >= 0.3 is 0 Å². The summed E-state index contributed by atoms with van der Waals surface area (Å²) < 4.78 is 1.19. The zero-order valence-electron chi connectivity index (χ0n) is 12.3. The Hall–Kier alpha value is -0.0400. The lowest BCUT2D eigenvalue weighted by atomic mass is 9.87. The molecule has 15 heavy (non-hydrogen) atoms. The van der Waals surface area contributed by atoms with E-state index in [0.29, 0.717) is 12.1 Å². The van der Waals surface area contributed by atoms with Crippen LogP contribution in [0.2, 0.25) is 0 Å². The van der Waals surface area contributed by atoms with Crippen molar-refractivity contribution in [2.75, 3.05) is 7.05 Å². The fourth-order valence-electron chi connectivity index (χ4n) is 3.34. The van der Waals surface area contributed by atoms with E-state index >= 15 is 0 Å². The summed E-state index contributed by atoms with van der Waals surface area (Å²) in [6.45, 7) is 18.9. The Morgan fingerprint density at radius 1 is 0.600 bits per heavy atom. The van der Waals surface area contributed by atoms with E-state index in [1.165, 1.54) is 4.48 Å². The van der Waals surface area contributed by atoms with E-state index in [-0.39, 0.29) is 0 Å². The van der Waals surface area contributed by atoms with Crippen LogP contribution >= 0.6 is 0 Å². The van der Waals surface area contributed by atoms with Crippen LogP contribution in [0.3, 0.4) is 0 Å². The molecule has 92 valence electrons. The molecule has 0 aliphatic heterocycles. The van der Waals surface area contributed by atoms with E-state index in [9.17, 15) is 0 Å². The van der Waals surface area contributed by atoms with Crippen LogP contribution in [0.25, 0.3) is 0 Å². The number of nitrogens with zero attached hydrogens (tertiary/aromatic N) is 1. The summed E-state index contributed by atoms with van der Waals surface area (Å²) in [6, 6.07) is 2.14. The predicted molar refractivity (Wildman–Crippen MR) is 69.9 cm³/mol. The summed E-state index contributed by atoms with van der Waals surface area (Å²) in [7, 11) is 2.43. The summed E-state index contributed by atoms with van der Waals surface area (Å²) in [6.07, 6.45) is 0. The van der Waals surface area contributed by atoms with Gasteiger partial charge in [0.25, 0.3) is 0 Å². The molecule has 0 spiro atoms. The van der Waals surface area contributed by atoms with E-state index in [1.54, 1.807) is 0 Å².